The normalized spacial score (nSPS) is 17.1. The van der Waals surface area contributed by atoms with Crippen molar-refractivity contribution in [1.82, 2.24) is 14.8 Å². The Morgan fingerprint density at radius 3 is 2.45 bits per heavy atom. The molecular weight excluding hydrogens is 272 g/mol. The molecular formula is C14H26N4OS. The van der Waals surface area contributed by atoms with Crippen LogP contribution in [0.15, 0.2) is 0 Å². The molecule has 0 aromatic carbocycles. The van der Waals surface area contributed by atoms with Gasteiger partial charge in [0.2, 0.25) is 0 Å². The van der Waals surface area contributed by atoms with Gasteiger partial charge in [0.05, 0.1) is 17.2 Å². The summed E-state index contributed by atoms with van der Waals surface area (Å²) in [4.78, 5) is 12.8. The fourth-order valence-corrected chi connectivity index (χ4v) is 3.47. The molecule has 20 heavy (non-hydrogen) atoms. The Hall–Kier alpha value is -0.690. The van der Waals surface area contributed by atoms with Crippen LogP contribution in [0, 0.1) is 0 Å². The van der Waals surface area contributed by atoms with Crippen molar-refractivity contribution >= 4 is 16.5 Å². The second kappa shape index (κ2) is 7.36. The van der Waals surface area contributed by atoms with Crippen LogP contribution in [0.4, 0.5) is 5.13 Å². The first-order chi connectivity index (χ1) is 9.63. The van der Waals surface area contributed by atoms with Crippen molar-refractivity contribution in [3.63, 3.8) is 0 Å². The Balaban J connectivity index is 1.88. The number of likely N-dealkylation sites (N-methyl/N-ethyl adjacent to an activating group) is 1. The molecule has 0 unspecified atom stereocenters. The van der Waals surface area contributed by atoms with Crippen molar-refractivity contribution in [3.8, 4) is 0 Å². The van der Waals surface area contributed by atoms with Crippen LogP contribution < -0.4 is 4.90 Å². The van der Waals surface area contributed by atoms with Gasteiger partial charge in [-0.25, -0.2) is 4.98 Å². The van der Waals surface area contributed by atoms with Gasteiger partial charge >= 0.3 is 0 Å². The summed E-state index contributed by atoms with van der Waals surface area (Å²) in [6.45, 7) is 8.74. The van der Waals surface area contributed by atoms with Gasteiger partial charge in [-0.15, -0.1) is 0 Å². The van der Waals surface area contributed by atoms with E-state index >= 15 is 0 Å². The van der Waals surface area contributed by atoms with Crippen LogP contribution in [-0.4, -0.2) is 73.3 Å². The van der Waals surface area contributed by atoms with Crippen LogP contribution in [0.3, 0.4) is 0 Å². The van der Waals surface area contributed by atoms with Gasteiger partial charge in [0.15, 0.2) is 5.13 Å². The van der Waals surface area contributed by atoms with Crippen molar-refractivity contribution in [2.24, 2.45) is 0 Å². The summed E-state index contributed by atoms with van der Waals surface area (Å²) < 4.78 is 0. The second-order valence-electron chi connectivity index (χ2n) is 5.51. The van der Waals surface area contributed by atoms with E-state index in [1.807, 2.05) is 0 Å². The zero-order valence-electron chi connectivity index (χ0n) is 12.8. The summed E-state index contributed by atoms with van der Waals surface area (Å²) >= 11 is 1.65. The van der Waals surface area contributed by atoms with Gasteiger partial charge in [0.25, 0.3) is 0 Å². The monoisotopic (exact) mass is 298 g/mol. The lowest BCUT2D eigenvalue weighted by molar-refractivity contribution is 0.229. The molecule has 0 spiro atoms. The molecule has 1 aliphatic heterocycles. The summed E-state index contributed by atoms with van der Waals surface area (Å²) in [6, 6.07) is 0. The Morgan fingerprint density at radius 2 is 1.95 bits per heavy atom. The highest BCUT2D eigenvalue weighted by Gasteiger charge is 2.20. The Morgan fingerprint density at radius 1 is 1.25 bits per heavy atom. The van der Waals surface area contributed by atoms with Gasteiger partial charge in [-0.1, -0.05) is 18.3 Å². The maximum atomic E-state index is 9.36. The predicted octanol–water partition coefficient (Wildman–Crippen LogP) is 0.881. The molecule has 1 saturated heterocycles. The topological polar surface area (TPSA) is 42.8 Å². The molecule has 2 heterocycles. The van der Waals surface area contributed by atoms with Crippen molar-refractivity contribution in [3.05, 3.63) is 10.6 Å². The molecule has 0 amide bonds. The average Bonchev–Trinajstić information content (AvgIpc) is 2.89. The number of aryl methyl sites for hydroxylation is 1. The van der Waals surface area contributed by atoms with Crippen molar-refractivity contribution in [1.29, 1.82) is 0 Å². The van der Waals surface area contributed by atoms with Crippen LogP contribution in [0.5, 0.6) is 0 Å². The largest absolute Gasteiger partial charge is 0.391 e. The van der Waals surface area contributed by atoms with E-state index in [-0.39, 0.29) is 6.61 Å². The van der Waals surface area contributed by atoms with E-state index in [1.54, 1.807) is 11.3 Å². The van der Waals surface area contributed by atoms with Crippen LogP contribution >= 0.6 is 11.3 Å². The van der Waals surface area contributed by atoms with Gasteiger partial charge in [-0.05, 0) is 20.5 Å². The summed E-state index contributed by atoms with van der Waals surface area (Å²) in [6.07, 6.45) is 0.898. The Kier molecular flexibility index (Phi) is 5.77. The third-order valence-corrected chi connectivity index (χ3v) is 4.89. The van der Waals surface area contributed by atoms with Gasteiger partial charge < -0.3 is 14.9 Å². The van der Waals surface area contributed by atoms with Crippen molar-refractivity contribution < 1.29 is 5.11 Å². The molecule has 0 bridgehead atoms. The van der Waals surface area contributed by atoms with Gasteiger partial charge in [0.1, 0.15) is 0 Å². The summed E-state index contributed by atoms with van der Waals surface area (Å²) in [5, 5.41) is 10.4. The fourth-order valence-electron chi connectivity index (χ4n) is 2.41. The number of thiazole rings is 1. The maximum absolute atomic E-state index is 9.36. The highest BCUT2D eigenvalue weighted by molar-refractivity contribution is 7.15. The van der Waals surface area contributed by atoms with Gasteiger partial charge in [-0.3, -0.25) is 4.90 Å². The van der Waals surface area contributed by atoms with E-state index in [2.05, 4.69) is 40.7 Å². The Bertz CT molecular complexity index is 392. The lowest BCUT2D eigenvalue weighted by Gasteiger charge is -2.35. The third kappa shape index (κ3) is 3.91. The first kappa shape index (κ1) is 15.7. The summed E-state index contributed by atoms with van der Waals surface area (Å²) in [5.41, 5.74) is 1.06. The van der Waals surface area contributed by atoms with E-state index in [1.165, 1.54) is 0 Å². The highest BCUT2D eigenvalue weighted by Crippen LogP contribution is 2.27. The molecule has 0 aliphatic carbocycles. The molecule has 1 aromatic heterocycles. The maximum Gasteiger partial charge on any atom is 0.185 e. The zero-order chi connectivity index (χ0) is 14.5. The van der Waals surface area contributed by atoms with Gasteiger partial charge in [0, 0.05) is 39.3 Å². The number of piperazine rings is 1. The number of hydrogen-bond donors (Lipinski definition) is 1. The SMILES string of the molecule is CCc1nc(N2CCN(CCN(C)C)CC2)sc1CO. The standard InChI is InChI=1S/C14H26N4OS/c1-4-12-13(11-19)20-14(15-12)18-9-7-17(8-10-18)6-5-16(2)3/h19H,4-11H2,1-3H3. The molecule has 1 aliphatic rings. The van der Waals surface area contributed by atoms with E-state index in [0.717, 1.165) is 61.4 Å². The molecule has 0 atom stereocenters. The molecule has 6 heteroatoms. The molecule has 0 saturated carbocycles. The minimum atomic E-state index is 0.115. The van der Waals surface area contributed by atoms with Gasteiger partial charge in [-0.2, -0.15) is 0 Å². The minimum Gasteiger partial charge on any atom is -0.391 e. The smallest absolute Gasteiger partial charge is 0.185 e. The molecule has 1 fully saturated rings. The van der Waals surface area contributed by atoms with Crippen molar-refractivity contribution in [2.75, 3.05) is 58.3 Å². The van der Waals surface area contributed by atoms with Crippen molar-refractivity contribution in [2.45, 2.75) is 20.0 Å². The van der Waals surface area contributed by atoms with E-state index in [4.69, 9.17) is 0 Å². The van der Waals surface area contributed by atoms with Crippen LogP contribution in [0.1, 0.15) is 17.5 Å². The Labute approximate surface area is 125 Å². The van der Waals surface area contributed by atoms with Crippen LogP contribution in [-0.2, 0) is 13.0 Å². The van der Waals surface area contributed by atoms with E-state index < -0.39 is 0 Å². The minimum absolute atomic E-state index is 0.115. The fraction of sp³-hybridized carbons (Fsp3) is 0.786. The number of aliphatic hydroxyl groups is 1. The van der Waals surface area contributed by atoms with E-state index in [0.29, 0.717) is 0 Å². The molecule has 114 valence electrons. The molecule has 2 rings (SSSR count). The second-order valence-corrected chi connectivity index (χ2v) is 6.57. The van der Waals surface area contributed by atoms with E-state index in [9.17, 15) is 5.11 Å². The molecule has 1 N–H and O–H groups in total. The lowest BCUT2D eigenvalue weighted by Crippen LogP contribution is -2.48. The summed E-state index contributed by atoms with van der Waals surface area (Å²) in [7, 11) is 4.24. The molecule has 0 radical (unpaired) electrons. The molecule has 1 aromatic rings. The molecule has 5 nitrogen and oxygen atoms in total. The van der Waals surface area contributed by atoms with Crippen LogP contribution in [0.25, 0.3) is 0 Å². The average molecular weight is 298 g/mol. The summed E-state index contributed by atoms with van der Waals surface area (Å²) in [5.74, 6) is 0. The number of anilines is 1. The zero-order valence-corrected chi connectivity index (χ0v) is 13.6. The number of aromatic nitrogens is 1. The number of aliphatic hydroxyl groups excluding tert-OH is 1. The number of nitrogens with zero attached hydrogens (tertiary/aromatic N) is 4. The lowest BCUT2D eigenvalue weighted by atomic mass is 10.3. The quantitative estimate of drug-likeness (QED) is 0.844. The first-order valence-electron chi connectivity index (χ1n) is 7.35. The van der Waals surface area contributed by atoms with Crippen LogP contribution in [0.2, 0.25) is 0 Å². The third-order valence-electron chi connectivity index (χ3n) is 3.75. The highest BCUT2D eigenvalue weighted by atomic mass is 32.1. The number of rotatable bonds is 6. The first-order valence-corrected chi connectivity index (χ1v) is 8.17. The number of hydrogen-bond acceptors (Lipinski definition) is 6. The predicted molar refractivity (Wildman–Crippen MR) is 84.6 cm³/mol.